The normalized spacial score (nSPS) is 13.9. The van der Waals surface area contributed by atoms with Crippen LogP contribution in [0.3, 0.4) is 0 Å². The smallest absolute Gasteiger partial charge is 0.0871 e. The van der Waals surface area contributed by atoms with Crippen molar-refractivity contribution in [2.75, 3.05) is 19.3 Å². The molecule has 0 saturated carbocycles. The Morgan fingerprint density at radius 2 is 1.86 bits per heavy atom. The molecular formula is C16H18Cl2N2O. The van der Waals surface area contributed by atoms with Crippen molar-refractivity contribution < 1.29 is 5.11 Å². The van der Waals surface area contributed by atoms with Gasteiger partial charge < -0.3 is 16.2 Å². The quantitative estimate of drug-likeness (QED) is 0.736. The number of benzene rings is 2. The zero-order valence-electron chi connectivity index (χ0n) is 11.7. The van der Waals surface area contributed by atoms with Crippen molar-refractivity contribution in [1.82, 2.24) is 5.32 Å². The Hall–Kier alpha value is -1.26. The summed E-state index contributed by atoms with van der Waals surface area (Å²) in [6, 6.07) is 12.7. The number of nitrogens with two attached hydrogens (primary N) is 1. The van der Waals surface area contributed by atoms with Gasteiger partial charge in [0.25, 0.3) is 0 Å². The predicted molar refractivity (Wildman–Crippen MR) is 88.9 cm³/mol. The number of halogens is 2. The van der Waals surface area contributed by atoms with Crippen LogP contribution in [0.25, 0.3) is 0 Å². The second kappa shape index (κ2) is 7.14. The number of hydrogen-bond donors (Lipinski definition) is 3. The van der Waals surface area contributed by atoms with E-state index >= 15 is 0 Å². The second-order valence-electron chi connectivity index (χ2n) is 4.95. The third-order valence-corrected chi connectivity index (χ3v) is 4.17. The van der Waals surface area contributed by atoms with Crippen molar-refractivity contribution in [3.05, 3.63) is 63.6 Å². The van der Waals surface area contributed by atoms with E-state index in [1.165, 1.54) is 0 Å². The zero-order chi connectivity index (χ0) is 15.4. The molecule has 0 aliphatic heterocycles. The summed E-state index contributed by atoms with van der Waals surface area (Å²) in [6.45, 7) is 0.605. The minimum absolute atomic E-state index is 0.147. The molecule has 0 aliphatic rings. The van der Waals surface area contributed by atoms with Crippen LogP contribution in [0.4, 0.5) is 5.69 Å². The average Bonchev–Trinajstić information content (AvgIpc) is 2.47. The molecule has 112 valence electrons. The maximum Gasteiger partial charge on any atom is 0.0871 e. The van der Waals surface area contributed by atoms with E-state index in [2.05, 4.69) is 5.32 Å². The molecule has 0 amide bonds. The summed E-state index contributed by atoms with van der Waals surface area (Å²) in [5.41, 5.74) is 8.12. The van der Waals surface area contributed by atoms with Gasteiger partial charge in [-0.15, -0.1) is 0 Å². The third kappa shape index (κ3) is 3.89. The van der Waals surface area contributed by atoms with Crippen LogP contribution in [-0.4, -0.2) is 18.7 Å². The molecule has 0 radical (unpaired) electrons. The molecule has 0 spiro atoms. The number of nitrogen functional groups attached to an aromatic ring is 1. The Morgan fingerprint density at radius 3 is 2.48 bits per heavy atom. The lowest BCUT2D eigenvalue weighted by Crippen LogP contribution is -2.23. The molecule has 0 saturated heterocycles. The fourth-order valence-corrected chi connectivity index (χ4v) is 2.66. The van der Waals surface area contributed by atoms with Crippen LogP contribution in [0.2, 0.25) is 10.0 Å². The summed E-state index contributed by atoms with van der Waals surface area (Å²) in [6.07, 6.45) is -0.682. The number of hydrogen-bond acceptors (Lipinski definition) is 3. The van der Waals surface area contributed by atoms with Gasteiger partial charge in [-0.3, -0.25) is 0 Å². The van der Waals surface area contributed by atoms with Gasteiger partial charge in [0.15, 0.2) is 0 Å². The largest absolute Gasteiger partial charge is 0.399 e. The highest BCUT2D eigenvalue weighted by molar-refractivity contribution is 6.42. The van der Waals surface area contributed by atoms with E-state index < -0.39 is 6.10 Å². The fourth-order valence-electron chi connectivity index (χ4n) is 2.35. The van der Waals surface area contributed by atoms with Crippen molar-refractivity contribution >= 4 is 28.9 Å². The van der Waals surface area contributed by atoms with Crippen LogP contribution in [0.1, 0.15) is 23.1 Å². The summed E-state index contributed by atoms with van der Waals surface area (Å²) in [5, 5.41) is 14.8. The predicted octanol–water partition coefficient (Wildman–Crippen LogP) is 3.61. The second-order valence-corrected chi connectivity index (χ2v) is 5.77. The van der Waals surface area contributed by atoms with E-state index in [9.17, 15) is 5.11 Å². The highest BCUT2D eigenvalue weighted by Gasteiger charge is 2.23. The van der Waals surface area contributed by atoms with Gasteiger partial charge in [0, 0.05) is 18.2 Å². The molecule has 0 bridgehead atoms. The van der Waals surface area contributed by atoms with Crippen molar-refractivity contribution in [3.8, 4) is 0 Å². The maximum absolute atomic E-state index is 10.7. The summed E-state index contributed by atoms with van der Waals surface area (Å²) in [7, 11) is 1.84. The summed E-state index contributed by atoms with van der Waals surface area (Å²) in [5.74, 6) is -0.147. The molecule has 0 aromatic heterocycles. The number of anilines is 1. The van der Waals surface area contributed by atoms with Crippen LogP contribution < -0.4 is 11.1 Å². The molecule has 2 aromatic carbocycles. The molecule has 2 rings (SSSR count). The van der Waals surface area contributed by atoms with E-state index in [1.54, 1.807) is 24.3 Å². The van der Waals surface area contributed by atoms with E-state index in [-0.39, 0.29) is 5.92 Å². The van der Waals surface area contributed by atoms with Gasteiger partial charge >= 0.3 is 0 Å². The van der Waals surface area contributed by atoms with E-state index in [0.717, 1.165) is 11.1 Å². The van der Waals surface area contributed by atoms with Crippen LogP contribution in [0.5, 0.6) is 0 Å². The maximum atomic E-state index is 10.7. The summed E-state index contributed by atoms with van der Waals surface area (Å²) < 4.78 is 0. The third-order valence-electron chi connectivity index (χ3n) is 3.43. The molecular weight excluding hydrogens is 307 g/mol. The van der Waals surface area contributed by atoms with Gasteiger partial charge in [-0.2, -0.15) is 0 Å². The zero-order valence-corrected chi connectivity index (χ0v) is 13.2. The number of aliphatic hydroxyl groups is 1. The van der Waals surface area contributed by atoms with Crippen LogP contribution in [-0.2, 0) is 0 Å². The Morgan fingerprint density at radius 1 is 1.10 bits per heavy atom. The number of nitrogens with one attached hydrogen (secondary N) is 1. The minimum Gasteiger partial charge on any atom is -0.399 e. The Balaban J connectivity index is 2.35. The van der Waals surface area contributed by atoms with E-state index in [4.69, 9.17) is 28.9 Å². The molecule has 2 atom stereocenters. The first kappa shape index (κ1) is 16.1. The lowest BCUT2D eigenvalue weighted by molar-refractivity contribution is 0.144. The standard InChI is InChI=1S/C16H18Cl2N2O/c1-20-9-13(10-5-6-14(17)15(18)8-10)16(21)11-3-2-4-12(19)7-11/h2-8,13,16,20-21H,9,19H2,1H3/t13-,16+/m1/s1. The Bertz CT molecular complexity index is 619. The molecule has 0 unspecified atom stereocenters. The molecule has 21 heavy (non-hydrogen) atoms. The molecule has 0 aliphatic carbocycles. The average molecular weight is 325 g/mol. The van der Waals surface area contributed by atoms with Gasteiger partial charge in [0.1, 0.15) is 0 Å². The van der Waals surface area contributed by atoms with Gasteiger partial charge in [-0.05, 0) is 42.4 Å². The minimum atomic E-state index is -0.682. The Kier molecular flexibility index (Phi) is 5.48. The van der Waals surface area contributed by atoms with Gasteiger partial charge in [-0.1, -0.05) is 41.4 Å². The van der Waals surface area contributed by atoms with Gasteiger partial charge in [0.2, 0.25) is 0 Å². The highest BCUT2D eigenvalue weighted by atomic mass is 35.5. The van der Waals surface area contributed by atoms with Crippen molar-refractivity contribution in [2.45, 2.75) is 12.0 Å². The first-order chi connectivity index (χ1) is 10.0. The van der Waals surface area contributed by atoms with Crippen molar-refractivity contribution in [1.29, 1.82) is 0 Å². The van der Waals surface area contributed by atoms with E-state index in [0.29, 0.717) is 22.3 Å². The number of aliphatic hydroxyl groups excluding tert-OH is 1. The Labute approximate surface area is 134 Å². The van der Waals surface area contributed by atoms with Gasteiger partial charge in [0.05, 0.1) is 16.1 Å². The molecule has 2 aromatic rings. The van der Waals surface area contributed by atoms with E-state index in [1.807, 2.05) is 25.2 Å². The SMILES string of the molecule is CNC[C@H](c1ccc(Cl)c(Cl)c1)[C@@H](O)c1cccc(N)c1. The summed E-state index contributed by atoms with van der Waals surface area (Å²) >= 11 is 12.0. The van der Waals surface area contributed by atoms with Crippen molar-refractivity contribution in [3.63, 3.8) is 0 Å². The van der Waals surface area contributed by atoms with Crippen molar-refractivity contribution in [2.24, 2.45) is 0 Å². The number of likely N-dealkylation sites (N-methyl/N-ethyl adjacent to an activating group) is 1. The van der Waals surface area contributed by atoms with Gasteiger partial charge in [-0.25, -0.2) is 0 Å². The van der Waals surface area contributed by atoms with Crippen LogP contribution in [0, 0.1) is 0 Å². The molecule has 5 heteroatoms. The lowest BCUT2D eigenvalue weighted by atomic mass is 9.89. The van der Waals surface area contributed by atoms with Crippen LogP contribution in [0.15, 0.2) is 42.5 Å². The lowest BCUT2D eigenvalue weighted by Gasteiger charge is -2.24. The highest BCUT2D eigenvalue weighted by Crippen LogP contribution is 2.34. The molecule has 0 fully saturated rings. The monoisotopic (exact) mass is 324 g/mol. The molecule has 3 nitrogen and oxygen atoms in total. The topological polar surface area (TPSA) is 58.3 Å². The van der Waals surface area contributed by atoms with Crippen LogP contribution >= 0.6 is 23.2 Å². The number of rotatable bonds is 5. The molecule has 4 N–H and O–H groups in total. The first-order valence-corrected chi connectivity index (χ1v) is 7.41. The first-order valence-electron chi connectivity index (χ1n) is 6.66. The summed E-state index contributed by atoms with van der Waals surface area (Å²) in [4.78, 5) is 0. The fraction of sp³-hybridized carbons (Fsp3) is 0.250. The molecule has 0 heterocycles.